The number of aromatic nitrogens is 1. The molecule has 19 heavy (non-hydrogen) atoms. The predicted molar refractivity (Wildman–Crippen MR) is 77.2 cm³/mol. The Hall–Kier alpha value is -0.870. The van der Waals surface area contributed by atoms with Crippen molar-refractivity contribution in [3.63, 3.8) is 0 Å². The molecule has 1 aromatic heterocycles. The standard InChI is InChI=1S/C15H27N3O/c1-5-7-13-9-18(14(6-2)8-16-13)10-15-17-11(3)12(4)19-15/h13-14,16H,5-10H2,1-4H3. The molecule has 2 heterocycles. The largest absolute Gasteiger partial charge is 0.444 e. The molecular weight excluding hydrogens is 238 g/mol. The van der Waals surface area contributed by atoms with Gasteiger partial charge in [-0.15, -0.1) is 0 Å². The molecule has 4 nitrogen and oxygen atoms in total. The van der Waals surface area contributed by atoms with Crippen LogP contribution in [0.5, 0.6) is 0 Å². The average Bonchev–Trinajstić information content (AvgIpc) is 2.69. The molecule has 1 N–H and O–H groups in total. The van der Waals surface area contributed by atoms with Gasteiger partial charge in [-0.1, -0.05) is 20.3 Å². The second kappa shape index (κ2) is 6.53. The molecule has 1 aromatic rings. The van der Waals surface area contributed by atoms with Crippen LogP contribution in [-0.2, 0) is 6.54 Å². The highest BCUT2D eigenvalue weighted by Crippen LogP contribution is 2.18. The Balaban J connectivity index is 2.01. The van der Waals surface area contributed by atoms with E-state index < -0.39 is 0 Å². The summed E-state index contributed by atoms with van der Waals surface area (Å²) in [4.78, 5) is 7.04. The lowest BCUT2D eigenvalue weighted by Crippen LogP contribution is -2.55. The zero-order valence-corrected chi connectivity index (χ0v) is 12.7. The molecule has 0 spiro atoms. The van der Waals surface area contributed by atoms with E-state index in [4.69, 9.17) is 4.42 Å². The summed E-state index contributed by atoms with van der Waals surface area (Å²) in [7, 11) is 0. The van der Waals surface area contributed by atoms with Crippen LogP contribution in [0.2, 0.25) is 0 Å². The zero-order chi connectivity index (χ0) is 13.8. The van der Waals surface area contributed by atoms with E-state index in [-0.39, 0.29) is 0 Å². The molecule has 0 bridgehead atoms. The molecule has 108 valence electrons. The highest BCUT2D eigenvalue weighted by Gasteiger charge is 2.27. The summed E-state index contributed by atoms with van der Waals surface area (Å²) in [5, 5.41) is 3.66. The van der Waals surface area contributed by atoms with E-state index in [0.717, 1.165) is 37.0 Å². The summed E-state index contributed by atoms with van der Waals surface area (Å²) in [6.45, 7) is 11.5. The van der Waals surface area contributed by atoms with Crippen molar-refractivity contribution in [1.29, 1.82) is 0 Å². The van der Waals surface area contributed by atoms with Crippen molar-refractivity contribution in [2.24, 2.45) is 0 Å². The molecule has 1 saturated heterocycles. The van der Waals surface area contributed by atoms with Gasteiger partial charge in [-0.25, -0.2) is 4.98 Å². The van der Waals surface area contributed by atoms with Crippen LogP contribution in [0.1, 0.15) is 50.5 Å². The first-order valence-electron chi connectivity index (χ1n) is 7.54. The molecule has 1 aliphatic heterocycles. The van der Waals surface area contributed by atoms with E-state index in [2.05, 4.69) is 29.0 Å². The Labute approximate surface area is 116 Å². The van der Waals surface area contributed by atoms with Gasteiger partial charge in [-0.2, -0.15) is 0 Å². The number of aryl methyl sites for hydroxylation is 2. The number of hydrogen-bond donors (Lipinski definition) is 1. The van der Waals surface area contributed by atoms with Crippen LogP contribution in [0.15, 0.2) is 4.42 Å². The molecule has 2 rings (SSSR count). The van der Waals surface area contributed by atoms with Gasteiger partial charge >= 0.3 is 0 Å². The molecular formula is C15H27N3O. The summed E-state index contributed by atoms with van der Waals surface area (Å²) in [6.07, 6.45) is 3.65. The Morgan fingerprint density at radius 1 is 1.37 bits per heavy atom. The normalized spacial score (nSPS) is 24.8. The fraction of sp³-hybridized carbons (Fsp3) is 0.800. The molecule has 0 saturated carbocycles. The summed E-state index contributed by atoms with van der Waals surface area (Å²) in [5.74, 6) is 1.81. The van der Waals surface area contributed by atoms with Crippen molar-refractivity contribution in [2.75, 3.05) is 13.1 Å². The van der Waals surface area contributed by atoms with Gasteiger partial charge in [0.1, 0.15) is 5.76 Å². The number of nitrogens with zero attached hydrogens (tertiary/aromatic N) is 2. The highest BCUT2D eigenvalue weighted by molar-refractivity contribution is 5.05. The summed E-state index contributed by atoms with van der Waals surface area (Å²) in [5.41, 5.74) is 1.02. The second-order valence-electron chi connectivity index (χ2n) is 5.63. The first-order chi connectivity index (χ1) is 9.13. The van der Waals surface area contributed by atoms with Gasteiger partial charge < -0.3 is 9.73 Å². The number of nitrogens with one attached hydrogen (secondary N) is 1. The molecule has 1 fully saturated rings. The van der Waals surface area contributed by atoms with Crippen LogP contribution < -0.4 is 5.32 Å². The van der Waals surface area contributed by atoms with Crippen molar-refractivity contribution >= 4 is 0 Å². The van der Waals surface area contributed by atoms with E-state index in [1.807, 2.05) is 13.8 Å². The molecule has 0 amide bonds. The maximum Gasteiger partial charge on any atom is 0.208 e. The minimum absolute atomic E-state index is 0.598. The second-order valence-corrected chi connectivity index (χ2v) is 5.63. The van der Waals surface area contributed by atoms with E-state index in [1.165, 1.54) is 19.3 Å². The third-order valence-electron chi connectivity index (χ3n) is 4.13. The van der Waals surface area contributed by atoms with Gasteiger partial charge in [0.2, 0.25) is 5.89 Å². The lowest BCUT2D eigenvalue weighted by molar-refractivity contribution is 0.105. The van der Waals surface area contributed by atoms with E-state index in [9.17, 15) is 0 Å². The number of rotatable bonds is 5. The van der Waals surface area contributed by atoms with Gasteiger partial charge in [0.15, 0.2) is 0 Å². The Morgan fingerprint density at radius 2 is 2.16 bits per heavy atom. The van der Waals surface area contributed by atoms with E-state index in [1.54, 1.807) is 0 Å². The maximum absolute atomic E-state index is 5.73. The summed E-state index contributed by atoms with van der Waals surface area (Å²) < 4.78 is 5.73. The lowest BCUT2D eigenvalue weighted by Gasteiger charge is -2.39. The van der Waals surface area contributed by atoms with Crippen molar-refractivity contribution in [3.8, 4) is 0 Å². The van der Waals surface area contributed by atoms with Crippen LogP contribution in [0.25, 0.3) is 0 Å². The van der Waals surface area contributed by atoms with Crippen LogP contribution in [0, 0.1) is 13.8 Å². The van der Waals surface area contributed by atoms with E-state index >= 15 is 0 Å². The van der Waals surface area contributed by atoms with Gasteiger partial charge in [0.25, 0.3) is 0 Å². The Bertz CT molecular complexity index is 383. The average molecular weight is 265 g/mol. The number of hydrogen-bond acceptors (Lipinski definition) is 4. The number of oxazole rings is 1. The molecule has 0 radical (unpaired) electrons. The quantitative estimate of drug-likeness (QED) is 0.888. The minimum Gasteiger partial charge on any atom is -0.444 e. The topological polar surface area (TPSA) is 41.3 Å². The molecule has 1 aliphatic rings. The van der Waals surface area contributed by atoms with Crippen LogP contribution >= 0.6 is 0 Å². The third-order valence-corrected chi connectivity index (χ3v) is 4.13. The molecule has 4 heteroatoms. The number of piperazine rings is 1. The fourth-order valence-corrected chi connectivity index (χ4v) is 2.85. The van der Waals surface area contributed by atoms with Crippen molar-refractivity contribution < 1.29 is 4.42 Å². The smallest absolute Gasteiger partial charge is 0.208 e. The van der Waals surface area contributed by atoms with Crippen molar-refractivity contribution in [3.05, 3.63) is 17.3 Å². The third kappa shape index (κ3) is 3.57. The van der Waals surface area contributed by atoms with Gasteiger partial charge in [-0.3, -0.25) is 4.90 Å². The fourth-order valence-electron chi connectivity index (χ4n) is 2.85. The van der Waals surface area contributed by atoms with Gasteiger partial charge in [0.05, 0.1) is 12.2 Å². The zero-order valence-electron chi connectivity index (χ0n) is 12.7. The van der Waals surface area contributed by atoms with Gasteiger partial charge in [0, 0.05) is 25.2 Å². The van der Waals surface area contributed by atoms with Crippen LogP contribution in [0.3, 0.4) is 0 Å². The monoisotopic (exact) mass is 265 g/mol. The molecule has 2 unspecified atom stereocenters. The lowest BCUT2D eigenvalue weighted by atomic mass is 10.0. The van der Waals surface area contributed by atoms with Crippen LogP contribution in [0.4, 0.5) is 0 Å². The molecule has 2 atom stereocenters. The van der Waals surface area contributed by atoms with Gasteiger partial charge in [-0.05, 0) is 26.7 Å². The molecule has 0 aromatic carbocycles. The summed E-state index contributed by atoms with van der Waals surface area (Å²) in [6, 6.07) is 1.21. The SMILES string of the molecule is CCCC1CN(Cc2nc(C)c(C)o2)C(CC)CN1. The predicted octanol–water partition coefficient (Wildman–Crippen LogP) is 2.64. The van der Waals surface area contributed by atoms with Crippen molar-refractivity contribution in [2.45, 2.75) is 65.6 Å². The molecule has 0 aliphatic carbocycles. The van der Waals surface area contributed by atoms with Crippen molar-refractivity contribution in [1.82, 2.24) is 15.2 Å². The Kier molecular flexibility index (Phi) is 4.99. The minimum atomic E-state index is 0.598. The highest BCUT2D eigenvalue weighted by atomic mass is 16.4. The van der Waals surface area contributed by atoms with E-state index in [0.29, 0.717) is 12.1 Å². The first kappa shape index (κ1) is 14.5. The first-order valence-corrected chi connectivity index (χ1v) is 7.54. The maximum atomic E-state index is 5.73. The Morgan fingerprint density at radius 3 is 2.74 bits per heavy atom. The van der Waals surface area contributed by atoms with Crippen LogP contribution in [-0.4, -0.2) is 35.1 Å². The summed E-state index contributed by atoms with van der Waals surface area (Å²) >= 11 is 0.